The second-order valence-electron chi connectivity index (χ2n) is 3.32. The maximum Gasteiger partial charge on any atom is 0.225 e. The largest absolute Gasteiger partial charge is 0.354 e. The van der Waals surface area contributed by atoms with Crippen LogP contribution >= 0.6 is 23.3 Å². The molecule has 92 valence electrons. The number of rotatable bonds is 4. The highest BCUT2D eigenvalue weighted by Gasteiger charge is 2.12. The van der Waals surface area contributed by atoms with Crippen molar-refractivity contribution in [3.05, 3.63) is 12.5 Å². The van der Waals surface area contributed by atoms with E-state index in [4.69, 9.17) is 0 Å². The van der Waals surface area contributed by atoms with Crippen LogP contribution in [0.4, 0.5) is 5.95 Å². The number of hydrogen-bond acceptors (Lipinski definition) is 8. The van der Waals surface area contributed by atoms with Crippen molar-refractivity contribution in [3.63, 3.8) is 0 Å². The van der Waals surface area contributed by atoms with Crippen molar-refractivity contribution in [1.29, 1.82) is 0 Å². The number of fused-ring (bicyclic) bond motifs is 1. The molecule has 3 aromatic rings. The van der Waals surface area contributed by atoms with Crippen molar-refractivity contribution in [2.24, 2.45) is 0 Å². The van der Waals surface area contributed by atoms with E-state index in [2.05, 4.69) is 34.8 Å². The molecular weight excluding hydrogens is 270 g/mol. The number of nitrogens with one attached hydrogen (secondary N) is 2. The molecule has 0 saturated carbocycles. The zero-order valence-corrected chi connectivity index (χ0v) is 11.0. The Hall–Kier alpha value is -1.74. The maximum absolute atomic E-state index is 4.46. The van der Waals surface area contributed by atoms with Gasteiger partial charge in [-0.2, -0.15) is 14.5 Å². The highest BCUT2D eigenvalue weighted by atomic mass is 32.2. The molecule has 2 N–H and O–H groups in total. The van der Waals surface area contributed by atoms with Gasteiger partial charge in [0.1, 0.15) is 11.4 Å². The van der Waals surface area contributed by atoms with E-state index in [9.17, 15) is 0 Å². The minimum absolute atomic E-state index is 0.585. The Kier molecular flexibility index (Phi) is 3.07. The summed E-state index contributed by atoms with van der Waals surface area (Å²) in [5, 5.41) is 11.6. The van der Waals surface area contributed by atoms with Crippen molar-refractivity contribution in [2.45, 2.75) is 16.3 Å². The van der Waals surface area contributed by atoms with Crippen LogP contribution in [0.15, 0.2) is 21.9 Å². The monoisotopic (exact) mass is 279 g/mol. The Morgan fingerprint density at radius 2 is 2.39 bits per heavy atom. The summed E-state index contributed by atoms with van der Waals surface area (Å²) >= 11 is 2.80. The normalized spacial score (nSPS) is 10.9. The first-order valence-electron chi connectivity index (χ1n) is 5.26. The summed E-state index contributed by atoms with van der Waals surface area (Å²) in [6, 6.07) is 0. The van der Waals surface area contributed by atoms with Crippen LogP contribution in [0.25, 0.3) is 11.0 Å². The number of H-pyrrole nitrogens is 1. The molecule has 3 heterocycles. The van der Waals surface area contributed by atoms with E-state index in [1.54, 1.807) is 6.20 Å². The van der Waals surface area contributed by atoms with Gasteiger partial charge in [0.2, 0.25) is 5.95 Å². The molecule has 0 aliphatic rings. The minimum Gasteiger partial charge on any atom is -0.354 e. The van der Waals surface area contributed by atoms with Crippen LogP contribution in [0, 0.1) is 0 Å². The molecule has 7 nitrogen and oxygen atoms in total. The van der Waals surface area contributed by atoms with Crippen LogP contribution in [0.2, 0.25) is 0 Å². The average Bonchev–Trinajstić information content (AvgIpc) is 2.99. The van der Waals surface area contributed by atoms with Crippen molar-refractivity contribution < 1.29 is 0 Å². The molecular formula is C9H9N7S2. The molecule has 18 heavy (non-hydrogen) atoms. The Labute approximate surface area is 111 Å². The van der Waals surface area contributed by atoms with Gasteiger partial charge in [-0.1, -0.05) is 0 Å². The smallest absolute Gasteiger partial charge is 0.225 e. The van der Waals surface area contributed by atoms with Crippen LogP contribution in [-0.2, 0) is 0 Å². The summed E-state index contributed by atoms with van der Waals surface area (Å²) in [5.74, 6) is 0.585. The number of anilines is 1. The van der Waals surface area contributed by atoms with E-state index in [-0.39, 0.29) is 0 Å². The third-order valence-corrected chi connectivity index (χ3v) is 3.85. The molecule has 0 unspecified atom stereocenters. The Morgan fingerprint density at radius 1 is 1.44 bits per heavy atom. The molecule has 0 amide bonds. The zero-order valence-electron chi connectivity index (χ0n) is 9.41. The molecule has 0 bridgehead atoms. The lowest BCUT2D eigenvalue weighted by molar-refractivity contribution is 1.03. The predicted octanol–water partition coefficient (Wildman–Crippen LogP) is 1.79. The lowest BCUT2D eigenvalue weighted by atomic mass is 10.4. The van der Waals surface area contributed by atoms with Gasteiger partial charge in [0.05, 0.1) is 11.6 Å². The second kappa shape index (κ2) is 4.86. The summed E-state index contributed by atoms with van der Waals surface area (Å²) in [7, 11) is 0. The van der Waals surface area contributed by atoms with Crippen LogP contribution in [0.5, 0.6) is 0 Å². The summed E-state index contributed by atoms with van der Waals surface area (Å²) in [6.45, 7) is 2.76. The van der Waals surface area contributed by atoms with Gasteiger partial charge in [0.25, 0.3) is 0 Å². The van der Waals surface area contributed by atoms with Crippen LogP contribution < -0.4 is 5.32 Å². The van der Waals surface area contributed by atoms with Crippen LogP contribution in [0.1, 0.15) is 6.92 Å². The summed E-state index contributed by atoms with van der Waals surface area (Å²) in [6.07, 6.45) is 3.25. The number of aromatic amines is 1. The Balaban J connectivity index is 2.04. The van der Waals surface area contributed by atoms with Crippen molar-refractivity contribution in [1.82, 2.24) is 29.5 Å². The van der Waals surface area contributed by atoms with Crippen molar-refractivity contribution in [2.75, 3.05) is 11.9 Å². The van der Waals surface area contributed by atoms with E-state index in [1.807, 2.05) is 6.92 Å². The number of hydrogen-bond donors (Lipinski definition) is 2. The van der Waals surface area contributed by atoms with Crippen molar-refractivity contribution >= 4 is 40.3 Å². The minimum atomic E-state index is 0.585. The number of nitrogens with zero attached hydrogens (tertiary/aromatic N) is 5. The van der Waals surface area contributed by atoms with Crippen LogP contribution in [-0.4, -0.2) is 36.1 Å². The van der Waals surface area contributed by atoms with E-state index < -0.39 is 0 Å². The highest BCUT2D eigenvalue weighted by molar-refractivity contribution is 8.01. The summed E-state index contributed by atoms with van der Waals surface area (Å²) < 4.78 is 4.82. The van der Waals surface area contributed by atoms with Gasteiger partial charge in [0, 0.05) is 6.54 Å². The first kappa shape index (κ1) is 11.4. The molecule has 0 aliphatic carbocycles. The van der Waals surface area contributed by atoms with E-state index in [0.717, 1.165) is 21.3 Å². The topological polar surface area (TPSA) is 92.3 Å². The van der Waals surface area contributed by atoms with E-state index >= 15 is 0 Å². The molecule has 0 aromatic carbocycles. The summed E-state index contributed by atoms with van der Waals surface area (Å²) in [4.78, 5) is 12.9. The molecule has 9 heteroatoms. The average molecular weight is 279 g/mol. The second-order valence-corrected chi connectivity index (χ2v) is 5.34. The molecule has 3 rings (SSSR count). The fourth-order valence-electron chi connectivity index (χ4n) is 1.41. The molecule has 0 aliphatic heterocycles. The van der Waals surface area contributed by atoms with E-state index in [0.29, 0.717) is 11.6 Å². The third-order valence-electron chi connectivity index (χ3n) is 2.13. The van der Waals surface area contributed by atoms with Gasteiger partial charge >= 0.3 is 0 Å². The van der Waals surface area contributed by atoms with Gasteiger partial charge in [-0.3, -0.25) is 5.10 Å². The molecule has 0 radical (unpaired) electrons. The fraction of sp³-hybridized carbons (Fsp3) is 0.222. The van der Waals surface area contributed by atoms with Gasteiger partial charge < -0.3 is 5.32 Å². The number of aromatic nitrogens is 6. The van der Waals surface area contributed by atoms with Gasteiger partial charge in [-0.25, -0.2) is 9.97 Å². The molecule has 0 fully saturated rings. The Bertz CT molecular complexity index is 648. The van der Waals surface area contributed by atoms with E-state index in [1.165, 1.54) is 29.6 Å². The maximum atomic E-state index is 4.46. The molecule has 0 spiro atoms. The molecule has 0 saturated heterocycles. The SMILES string of the molecule is CCNc1nc(Sc2ncns2)c2cn[nH]c2n1. The van der Waals surface area contributed by atoms with Crippen LogP contribution in [0.3, 0.4) is 0 Å². The first-order chi connectivity index (χ1) is 8.86. The van der Waals surface area contributed by atoms with Gasteiger partial charge in [-0.05, 0) is 30.2 Å². The molecule has 0 atom stereocenters. The fourth-order valence-corrected chi connectivity index (χ4v) is 2.86. The van der Waals surface area contributed by atoms with Crippen molar-refractivity contribution in [3.8, 4) is 0 Å². The highest BCUT2D eigenvalue weighted by Crippen LogP contribution is 2.31. The lowest BCUT2D eigenvalue weighted by Crippen LogP contribution is -2.02. The summed E-state index contributed by atoms with van der Waals surface area (Å²) in [5.41, 5.74) is 0.716. The first-order valence-corrected chi connectivity index (χ1v) is 6.85. The quantitative estimate of drug-likeness (QED) is 0.703. The Morgan fingerprint density at radius 3 is 3.17 bits per heavy atom. The zero-order chi connectivity index (χ0) is 12.4. The standard InChI is InChI=1S/C9H9N7S2/c1-2-10-8-14-6-5(3-12-16-6)7(15-8)17-9-11-4-13-18-9/h3-4H,2H2,1H3,(H2,10,12,14,15,16). The predicted molar refractivity (Wildman–Crippen MR) is 69.9 cm³/mol. The third kappa shape index (κ3) is 2.14. The van der Waals surface area contributed by atoms with Gasteiger partial charge in [0.15, 0.2) is 9.99 Å². The van der Waals surface area contributed by atoms with Gasteiger partial charge in [-0.15, -0.1) is 0 Å². The molecule has 3 aromatic heterocycles. The lowest BCUT2D eigenvalue weighted by Gasteiger charge is -2.04.